The average molecular weight is 405 g/mol. The molecule has 0 bridgehead atoms. The molecule has 0 saturated heterocycles. The molecule has 1 rings (SSSR count). The summed E-state index contributed by atoms with van der Waals surface area (Å²) in [6.07, 6.45) is 9.96. The van der Waals surface area contributed by atoms with Crippen molar-refractivity contribution < 1.29 is 0 Å². The number of unbranched alkanes of at least 4 members (excludes halogenated alkanes) is 4. The van der Waals surface area contributed by atoms with Crippen LogP contribution in [0.5, 0.6) is 0 Å². The first-order chi connectivity index (χ1) is 12.2. The van der Waals surface area contributed by atoms with E-state index in [-0.39, 0.29) is 0 Å². The quantitative estimate of drug-likeness (QED) is 0.298. The lowest BCUT2D eigenvalue weighted by atomic mass is 10.3. The molecule has 4 nitrogen and oxygen atoms in total. The summed E-state index contributed by atoms with van der Waals surface area (Å²) in [7, 11) is 0. The maximum atomic E-state index is 4.43. The van der Waals surface area contributed by atoms with Gasteiger partial charge in [-0.1, -0.05) is 64.7 Å². The highest BCUT2D eigenvalue weighted by Crippen LogP contribution is 2.33. The van der Waals surface area contributed by atoms with E-state index in [1.165, 1.54) is 51.4 Å². The summed E-state index contributed by atoms with van der Waals surface area (Å²) in [5.41, 5.74) is 0. The van der Waals surface area contributed by atoms with Crippen LogP contribution in [-0.2, 0) is 0 Å². The summed E-state index contributed by atoms with van der Waals surface area (Å²) >= 11 is 5.34. The van der Waals surface area contributed by atoms with Gasteiger partial charge in [0.1, 0.15) is 0 Å². The van der Waals surface area contributed by atoms with E-state index in [1.807, 2.05) is 0 Å². The van der Waals surface area contributed by atoms with Gasteiger partial charge in [0.05, 0.1) is 0 Å². The zero-order chi connectivity index (χ0) is 18.3. The van der Waals surface area contributed by atoms with Crippen molar-refractivity contribution in [2.45, 2.75) is 87.7 Å². The van der Waals surface area contributed by atoms with Gasteiger partial charge in [0.2, 0.25) is 0 Å². The molecule has 1 aromatic rings. The Morgan fingerprint density at radius 3 is 1.24 bits per heavy atom. The fourth-order valence-electron chi connectivity index (χ4n) is 2.24. The molecule has 146 valence electrons. The van der Waals surface area contributed by atoms with Crippen molar-refractivity contribution >= 4 is 35.2 Å². The van der Waals surface area contributed by atoms with E-state index in [2.05, 4.69) is 46.5 Å². The topological polar surface area (TPSA) is 32.3 Å². The third-order valence-electron chi connectivity index (χ3n) is 3.85. The van der Waals surface area contributed by atoms with Crippen molar-refractivity contribution in [3.63, 3.8) is 0 Å². The minimum atomic E-state index is 1.08. The molecule has 0 aliphatic rings. The summed E-state index contributed by atoms with van der Waals surface area (Å²) in [6, 6.07) is 0. The molecule has 0 aliphatic heterocycles. The zero-order valence-electron chi connectivity index (χ0n) is 16.5. The van der Waals surface area contributed by atoms with E-state index in [9.17, 15) is 0 Å². The van der Waals surface area contributed by atoms with E-state index in [1.54, 1.807) is 35.2 Å². The molecule has 1 heterocycles. The normalized spacial score (nSPS) is 11.8. The highest BCUT2D eigenvalue weighted by Gasteiger charge is 2.14. The van der Waals surface area contributed by atoms with Crippen LogP contribution in [0.2, 0.25) is 0 Å². The summed E-state index contributed by atoms with van der Waals surface area (Å²) in [4.78, 5) is 0. The van der Waals surface area contributed by atoms with Crippen LogP contribution < -0.4 is 0 Å². The SMILES string of the molecule is CCCCN(CCCC)Sc1nnc(SN(CCCC)CCCC)s1. The van der Waals surface area contributed by atoms with Crippen LogP contribution in [0.15, 0.2) is 8.68 Å². The number of aromatic nitrogens is 2. The van der Waals surface area contributed by atoms with E-state index in [4.69, 9.17) is 0 Å². The number of rotatable bonds is 16. The first kappa shape index (κ1) is 23.2. The van der Waals surface area contributed by atoms with E-state index in [0.29, 0.717) is 0 Å². The van der Waals surface area contributed by atoms with Crippen molar-refractivity contribution in [2.24, 2.45) is 0 Å². The third kappa shape index (κ3) is 10.8. The van der Waals surface area contributed by atoms with Gasteiger partial charge in [0.15, 0.2) is 8.68 Å². The van der Waals surface area contributed by atoms with Gasteiger partial charge in [0.25, 0.3) is 0 Å². The van der Waals surface area contributed by atoms with Crippen LogP contribution >= 0.6 is 35.2 Å². The number of hydrogen-bond acceptors (Lipinski definition) is 7. The van der Waals surface area contributed by atoms with Crippen LogP contribution in [0.4, 0.5) is 0 Å². The Kier molecular flexibility index (Phi) is 14.2. The molecule has 0 saturated carbocycles. The molecule has 0 fully saturated rings. The molecule has 0 unspecified atom stereocenters. The predicted octanol–water partition coefficient (Wildman–Crippen LogP) is 6.36. The molecular weight excluding hydrogens is 368 g/mol. The van der Waals surface area contributed by atoms with Gasteiger partial charge in [-0.3, -0.25) is 0 Å². The van der Waals surface area contributed by atoms with Crippen molar-refractivity contribution in [3.05, 3.63) is 0 Å². The average Bonchev–Trinajstić information content (AvgIpc) is 3.06. The van der Waals surface area contributed by atoms with E-state index >= 15 is 0 Å². The smallest absolute Gasteiger partial charge is 0.190 e. The predicted molar refractivity (Wildman–Crippen MR) is 114 cm³/mol. The third-order valence-corrected chi connectivity index (χ3v) is 7.03. The second kappa shape index (κ2) is 15.3. The molecule has 7 heteroatoms. The van der Waals surface area contributed by atoms with Crippen LogP contribution in [0.25, 0.3) is 0 Å². The minimum absolute atomic E-state index is 1.08. The standard InChI is InChI=1S/C18H36N4S3/c1-5-9-13-21(14-10-6-2)24-17-19-20-18(23-17)25-22(15-11-7-3)16-12-8-4/h5-16H2,1-4H3. The van der Waals surface area contributed by atoms with Crippen molar-refractivity contribution in [1.82, 2.24) is 18.8 Å². The largest absolute Gasteiger partial charge is 0.244 e. The maximum absolute atomic E-state index is 4.43. The summed E-state index contributed by atoms with van der Waals surface area (Å²) in [6.45, 7) is 13.6. The van der Waals surface area contributed by atoms with Gasteiger partial charge in [-0.15, -0.1) is 10.2 Å². The molecule has 0 aromatic carbocycles. The lowest BCUT2D eigenvalue weighted by molar-refractivity contribution is 0.443. The first-order valence-corrected chi connectivity index (χ1v) is 12.3. The number of hydrogen-bond donors (Lipinski definition) is 0. The summed E-state index contributed by atoms with van der Waals surface area (Å²) < 4.78 is 7.10. The Hall–Kier alpha value is 0.180. The molecule has 0 amide bonds. The Bertz CT molecular complexity index is 376. The highest BCUT2D eigenvalue weighted by molar-refractivity contribution is 8.01. The molecule has 0 spiro atoms. The molecule has 0 atom stereocenters. The summed E-state index contributed by atoms with van der Waals surface area (Å²) in [5.74, 6) is 0. The Balaban J connectivity index is 2.55. The van der Waals surface area contributed by atoms with Gasteiger partial charge in [-0.2, -0.15) is 0 Å². The van der Waals surface area contributed by atoms with Crippen LogP contribution in [0.1, 0.15) is 79.1 Å². The summed E-state index contributed by atoms with van der Waals surface area (Å²) in [5, 5.41) is 8.86. The van der Waals surface area contributed by atoms with Gasteiger partial charge in [-0.05, 0) is 49.6 Å². The van der Waals surface area contributed by atoms with Crippen molar-refractivity contribution in [1.29, 1.82) is 0 Å². The molecular formula is C18H36N4S3. The van der Waals surface area contributed by atoms with Crippen molar-refractivity contribution in [3.8, 4) is 0 Å². The van der Waals surface area contributed by atoms with Crippen LogP contribution in [0, 0.1) is 0 Å². The van der Waals surface area contributed by atoms with Gasteiger partial charge in [0, 0.05) is 26.2 Å². The van der Waals surface area contributed by atoms with Crippen molar-refractivity contribution in [2.75, 3.05) is 26.2 Å². The van der Waals surface area contributed by atoms with E-state index in [0.717, 1.165) is 34.9 Å². The van der Waals surface area contributed by atoms with E-state index < -0.39 is 0 Å². The molecule has 1 aromatic heterocycles. The lowest BCUT2D eigenvalue weighted by Gasteiger charge is -2.19. The van der Waals surface area contributed by atoms with Gasteiger partial charge >= 0.3 is 0 Å². The minimum Gasteiger partial charge on any atom is -0.244 e. The Labute approximate surface area is 167 Å². The molecule has 25 heavy (non-hydrogen) atoms. The fourth-order valence-corrected chi connectivity index (χ4v) is 5.59. The lowest BCUT2D eigenvalue weighted by Crippen LogP contribution is -2.18. The van der Waals surface area contributed by atoms with Crippen LogP contribution in [-0.4, -0.2) is 45.0 Å². The Morgan fingerprint density at radius 2 is 0.960 bits per heavy atom. The van der Waals surface area contributed by atoms with Gasteiger partial charge in [-0.25, -0.2) is 8.61 Å². The zero-order valence-corrected chi connectivity index (χ0v) is 18.9. The number of nitrogens with zero attached hydrogens (tertiary/aromatic N) is 4. The molecule has 0 aliphatic carbocycles. The Morgan fingerprint density at radius 1 is 0.640 bits per heavy atom. The monoisotopic (exact) mass is 404 g/mol. The van der Waals surface area contributed by atoms with Crippen LogP contribution in [0.3, 0.4) is 0 Å². The second-order valence-corrected chi connectivity index (χ2v) is 9.95. The fraction of sp³-hybridized carbons (Fsp3) is 0.889. The first-order valence-electron chi connectivity index (χ1n) is 9.92. The van der Waals surface area contributed by atoms with Gasteiger partial charge < -0.3 is 0 Å². The second-order valence-electron chi connectivity index (χ2n) is 6.29. The highest BCUT2D eigenvalue weighted by atomic mass is 32.2. The molecule has 0 radical (unpaired) electrons. The maximum Gasteiger partial charge on any atom is 0.190 e. The molecule has 0 N–H and O–H groups in total.